The molecular formula is C15H31NO3. The monoisotopic (exact) mass is 273 g/mol. The van der Waals surface area contributed by atoms with Crippen molar-refractivity contribution in [2.24, 2.45) is 11.7 Å². The minimum atomic E-state index is 0.0294. The summed E-state index contributed by atoms with van der Waals surface area (Å²) < 4.78 is 17.6. The van der Waals surface area contributed by atoms with Crippen LogP contribution < -0.4 is 5.73 Å². The van der Waals surface area contributed by atoms with Gasteiger partial charge in [0.05, 0.1) is 18.8 Å². The van der Waals surface area contributed by atoms with Crippen LogP contribution in [0.2, 0.25) is 0 Å². The molecule has 0 saturated heterocycles. The molecule has 0 aromatic carbocycles. The Morgan fingerprint density at radius 2 is 1.47 bits per heavy atom. The summed E-state index contributed by atoms with van der Waals surface area (Å²) in [6.07, 6.45) is 4.15. The van der Waals surface area contributed by atoms with Crippen LogP contribution in [0.1, 0.15) is 46.5 Å². The lowest BCUT2D eigenvalue weighted by Gasteiger charge is -2.26. The van der Waals surface area contributed by atoms with Gasteiger partial charge in [-0.05, 0) is 25.7 Å². The van der Waals surface area contributed by atoms with Crippen molar-refractivity contribution in [1.82, 2.24) is 0 Å². The predicted molar refractivity (Wildman–Crippen MR) is 77.3 cm³/mol. The smallest absolute Gasteiger partial charge is 0.0990 e. The van der Waals surface area contributed by atoms with Gasteiger partial charge in [0.15, 0.2) is 0 Å². The van der Waals surface area contributed by atoms with Gasteiger partial charge in [0.25, 0.3) is 0 Å². The van der Waals surface area contributed by atoms with Crippen molar-refractivity contribution < 1.29 is 14.2 Å². The normalized spacial score (nSPS) is 30.9. The lowest BCUT2D eigenvalue weighted by molar-refractivity contribution is -0.0855. The molecule has 4 atom stereocenters. The van der Waals surface area contributed by atoms with Gasteiger partial charge in [0.2, 0.25) is 0 Å². The highest BCUT2D eigenvalue weighted by Gasteiger charge is 2.43. The maximum atomic E-state index is 6.22. The standard InChI is InChI=1S/C15H31NO3/c1-4-7-17-11-12-10-13(16)15(19-9-6-3)14(12)18-8-5-2/h12-15H,4-11,16H2,1-3H3/t12-,13-,14+,15?/m1/s1. The Hall–Kier alpha value is -0.160. The van der Waals surface area contributed by atoms with Crippen LogP contribution in [0, 0.1) is 5.92 Å². The fourth-order valence-electron chi connectivity index (χ4n) is 2.63. The van der Waals surface area contributed by atoms with Gasteiger partial charge in [-0.2, -0.15) is 0 Å². The minimum Gasteiger partial charge on any atom is -0.381 e. The molecule has 1 unspecified atom stereocenters. The summed E-state index contributed by atoms with van der Waals surface area (Å²) in [5.74, 6) is 0.370. The van der Waals surface area contributed by atoms with E-state index in [0.717, 1.165) is 52.1 Å². The van der Waals surface area contributed by atoms with Crippen molar-refractivity contribution in [3.63, 3.8) is 0 Å². The molecule has 0 heterocycles. The molecule has 2 N–H and O–H groups in total. The molecule has 114 valence electrons. The fraction of sp³-hybridized carbons (Fsp3) is 1.00. The van der Waals surface area contributed by atoms with E-state index < -0.39 is 0 Å². The molecule has 0 amide bonds. The molecule has 19 heavy (non-hydrogen) atoms. The number of hydrogen-bond acceptors (Lipinski definition) is 4. The van der Waals surface area contributed by atoms with E-state index in [-0.39, 0.29) is 18.2 Å². The van der Waals surface area contributed by atoms with Gasteiger partial charge in [-0.3, -0.25) is 0 Å². The maximum absolute atomic E-state index is 6.22. The summed E-state index contributed by atoms with van der Waals surface area (Å²) in [4.78, 5) is 0. The zero-order valence-electron chi connectivity index (χ0n) is 12.8. The molecule has 0 bridgehead atoms. The summed E-state index contributed by atoms with van der Waals surface area (Å²) in [6.45, 7) is 9.44. The Labute approximate surface area is 118 Å². The lowest BCUT2D eigenvalue weighted by Crippen LogP contribution is -2.40. The topological polar surface area (TPSA) is 53.7 Å². The molecule has 4 nitrogen and oxygen atoms in total. The van der Waals surface area contributed by atoms with Gasteiger partial charge in [-0.1, -0.05) is 20.8 Å². The van der Waals surface area contributed by atoms with E-state index >= 15 is 0 Å². The van der Waals surface area contributed by atoms with Gasteiger partial charge in [0.1, 0.15) is 0 Å². The second-order valence-corrected chi connectivity index (χ2v) is 5.41. The Morgan fingerprint density at radius 3 is 2.05 bits per heavy atom. The number of ether oxygens (including phenoxy) is 3. The number of rotatable bonds is 10. The summed E-state index contributed by atoms with van der Waals surface area (Å²) in [5, 5.41) is 0. The molecular weight excluding hydrogens is 242 g/mol. The van der Waals surface area contributed by atoms with Crippen LogP contribution in [-0.2, 0) is 14.2 Å². The molecule has 0 aromatic rings. The van der Waals surface area contributed by atoms with Crippen molar-refractivity contribution in [2.75, 3.05) is 26.4 Å². The molecule has 1 saturated carbocycles. The highest BCUT2D eigenvalue weighted by atomic mass is 16.5. The largest absolute Gasteiger partial charge is 0.381 e. The third kappa shape index (κ3) is 5.38. The van der Waals surface area contributed by atoms with Crippen molar-refractivity contribution in [2.45, 2.75) is 64.7 Å². The van der Waals surface area contributed by atoms with Crippen molar-refractivity contribution in [3.05, 3.63) is 0 Å². The molecule has 0 aromatic heterocycles. The molecule has 1 aliphatic carbocycles. The Morgan fingerprint density at radius 1 is 0.895 bits per heavy atom. The van der Waals surface area contributed by atoms with Gasteiger partial charge >= 0.3 is 0 Å². The number of nitrogens with two attached hydrogens (primary N) is 1. The van der Waals surface area contributed by atoms with Gasteiger partial charge in [-0.25, -0.2) is 0 Å². The molecule has 0 radical (unpaired) electrons. The van der Waals surface area contributed by atoms with Crippen molar-refractivity contribution >= 4 is 0 Å². The van der Waals surface area contributed by atoms with Gasteiger partial charge in [-0.15, -0.1) is 0 Å². The first-order valence-electron chi connectivity index (χ1n) is 7.81. The molecule has 1 rings (SSSR count). The van der Waals surface area contributed by atoms with Crippen LogP contribution >= 0.6 is 0 Å². The van der Waals surface area contributed by atoms with E-state index in [1.807, 2.05) is 0 Å². The van der Waals surface area contributed by atoms with Crippen molar-refractivity contribution in [1.29, 1.82) is 0 Å². The second-order valence-electron chi connectivity index (χ2n) is 5.41. The molecule has 1 aliphatic rings. The third-order valence-electron chi connectivity index (χ3n) is 3.49. The zero-order valence-corrected chi connectivity index (χ0v) is 12.8. The first kappa shape index (κ1) is 16.9. The van der Waals surface area contributed by atoms with E-state index in [4.69, 9.17) is 19.9 Å². The lowest BCUT2D eigenvalue weighted by atomic mass is 10.1. The summed E-state index contributed by atoms with van der Waals surface area (Å²) in [7, 11) is 0. The van der Waals surface area contributed by atoms with Crippen LogP contribution in [0.3, 0.4) is 0 Å². The van der Waals surface area contributed by atoms with E-state index in [9.17, 15) is 0 Å². The SMILES string of the molecule is CCCOC[C@H]1C[C@@H](N)C(OCCC)[C@H]1OCCC. The van der Waals surface area contributed by atoms with Gasteiger partial charge < -0.3 is 19.9 Å². The third-order valence-corrected chi connectivity index (χ3v) is 3.49. The van der Waals surface area contributed by atoms with Gasteiger partial charge in [0, 0.05) is 31.8 Å². The van der Waals surface area contributed by atoms with E-state index in [1.165, 1.54) is 0 Å². The summed E-state index contributed by atoms with van der Waals surface area (Å²) in [5.41, 5.74) is 6.22. The molecule has 4 heteroatoms. The first-order chi connectivity index (χ1) is 9.24. The quantitative estimate of drug-likeness (QED) is 0.621. The predicted octanol–water partition coefficient (Wildman–Crippen LogP) is 2.35. The van der Waals surface area contributed by atoms with Crippen LogP contribution in [-0.4, -0.2) is 44.7 Å². The Kier molecular flexibility index (Phi) is 8.62. The molecule has 0 aliphatic heterocycles. The highest BCUT2D eigenvalue weighted by molar-refractivity contribution is 4.96. The average molecular weight is 273 g/mol. The number of hydrogen-bond donors (Lipinski definition) is 1. The Balaban J connectivity index is 2.52. The minimum absolute atomic E-state index is 0.0294. The average Bonchev–Trinajstić information content (AvgIpc) is 2.70. The van der Waals surface area contributed by atoms with E-state index in [0.29, 0.717) is 5.92 Å². The van der Waals surface area contributed by atoms with E-state index in [2.05, 4.69) is 20.8 Å². The van der Waals surface area contributed by atoms with Crippen LogP contribution in [0.5, 0.6) is 0 Å². The molecule has 1 fully saturated rings. The van der Waals surface area contributed by atoms with E-state index in [1.54, 1.807) is 0 Å². The fourth-order valence-corrected chi connectivity index (χ4v) is 2.63. The summed E-state index contributed by atoms with van der Waals surface area (Å²) in [6, 6.07) is 0.0728. The molecule has 0 spiro atoms. The first-order valence-corrected chi connectivity index (χ1v) is 7.81. The zero-order chi connectivity index (χ0) is 14.1. The Bertz CT molecular complexity index is 225. The highest BCUT2D eigenvalue weighted by Crippen LogP contribution is 2.31. The van der Waals surface area contributed by atoms with Crippen LogP contribution in [0.15, 0.2) is 0 Å². The van der Waals surface area contributed by atoms with Crippen LogP contribution in [0.25, 0.3) is 0 Å². The van der Waals surface area contributed by atoms with Crippen LogP contribution in [0.4, 0.5) is 0 Å². The summed E-state index contributed by atoms with van der Waals surface area (Å²) >= 11 is 0. The van der Waals surface area contributed by atoms with Crippen molar-refractivity contribution in [3.8, 4) is 0 Å². The maximum Gasteiger partial charge on any atom is 0.0990 e. The second kappa shape index (κ2) is 9.70.